The molecule has 3 fully saturated rings. The van der Waals surface area contributed by atoms with Crippen LogP contribution in [0.5, 0.6) is 0 Å². The van der Waals surface area contributed by atoms with E-state index < -0.39 is 6.09 Å². The molecule has 4 rings (SSSR count). The third-order valence-corrected chi connectivity index (χ3v) is 7.66. The summed E-state index contributed by atoms with van der Waals surface area (Å²) in [5.74, 6) is 0.944. The molecule has 5 nitrogen and oxygen atoms in total. The van der Waals surface area contributed by atoms with Gasteiger partial charge in [0.05, 0.1) is 12.1 Å². The maximum atomic E-state index is 12.5. The highest BCUT2D eigenvalue weighted by Crippen LogP contribution is 2.58. The van der Waals surface area contributed by atoms with Gasteiger partial charge in [-0.05, 0) is 63.1 Å². The fraction of sp³-hybridized carbons (Fsp3) is 0.640. The Morgan fingerprint density at radius 2 is 2.00 bits per heavy atom. The van der Waals surface area contributed by atoms with Crippen LogP contribution in [0.3, 0.4) is 0 Å². The molecule has 0 aromatic heterocycles. The van der Waals surface area contributed by atoms with Gasteiger partial charge in [-0.15, -0.1) is 6.58 Å². The van der Waals surface area contributed by atoms with Crippen molar-refractivity contribution >= 4 is 6.09 Å². The van der Waals surface area contributed by atoms with Crippen molar-refractivity contribution < 1.29 is 14.6 Å². The van der Waals surface area contributed by atoms with Gasteiger partial charge in [-0.1, -0.05) is 42.8 Å². The molecule has 2 atom stereocenters. The van der Waals surface area contributed by atoms with Gasteiger partial charge in [0, 0.05) is 24.5 Å². The molecule has 1 amide bonds. The molecule has 0 bridgehead atoms. The van der Waals surface area contributed by atoms with Crippen molar-refractivity contribution in [2.75, 3.05) is 32.8 Å². The Hall–Kier alpha value is -1.85. The van der Waals surface area contributed by atoms with Gasteiger partial charge in [0.1, 0.15) is 0 Å². The summed E-state index contributed by atoms with van der Waals surface area (Å²) in [4.78, 5) is 14.3. The van der Waals surface area contributed by atoms with Crippen LogP contribution >= 0.6 is 0 Å². The minimum atomic E-state index is -0.813. The summed E-state index contributed by atoms with van der Waals surface area (Å²) in [5.41, 5.74) is 0.748. The fourth-order valence-electron chi connectivity index (χ4n) is 5.45. The first-order valence-corrected chi connectivity index (χ1v) is 11.5. The van der Waals surface area contributed by atoms with Gasteiger partial charge in [-0.3, -0.25) is 0 Å². The van der Waals surface area contributed by atoms with E-state index in [1.807, 2.05) is 24.3 Å². The summed E-state index contributed by atoms with van der Waals surface area (Å²) >= 11 is 0. The molecule has 5 heteroatoms. The average Bonchev–Trinajstić information content (AvgIpc) is 3.45. The SMILES string of the molecule is C=CC[C@@]1(N(CC2(COCC3CCC3)CCNCC2)C(=O)O)C[C@H]1c1ccccc1. The smallest absolute Gasteiger partial charge is 0.407 e. The lowest BCUT2D eigenvalue weighted by Gasteiger charge is -2.43. The number of hydrogen-bond acceptors (Lipinski definition) is 3. The van der Waals surface area contributed by atoms with Crippen molar-refractivity contribution in [1.82, 2.24) is 10.2 Å². The molecular weight excluding hydrogens is 376 g/mol. The quantitative estimate of drug-likeness (QED) is 0.549. The van der Waals surface area contributed by atoms with Crippen molar-refractivity contribution in [3.8, 4) is 0 Å². The molecule has 2 saturated carbocycles. The second-order valence-electron chi connectivity index (χ2n) is 9.69. The number of nitrogens with zero attached hydrogens (tertiary/aromatic N) is 1. The molecule has 0 spiro atoms. The van der Waals surface area contributed by atoms with Gasteiger partial charge in [0.15, 0.2) is 0 Å². The lowest BCUT2D eigenvalue weighted by Crippen LogP contribution is -2.53. The zero-order chi connectivity index (χ0) is 21.0. The van der Waals surface area contributed by atoms with Gasteiger partial charge < -0.3 is 20.1 Å². The average molecular weight is 413 g/mol. The first kappa shape index (κ1) is 21.4. The summed E-state index contributed by atoms with van der Waals surface area (Å²) in [5, 5.41) is 13.7. The zero-order valence-corrected chi connectivity index (χ0v) is 18.0. The Morgan fingerprint density at radius 3 is 2.60 bits per heavy atom. The second-order valence-corrected chi connectivity index (χ2v) is 9.69. The van der Waals surface area contributed by atoms with Gasteiger partial charge in [0.2, 0.25) is 0 Å². The molecule has 1 aromatic carbocycles. The van der Waals surface area contributed by atoms with E-state index in [0.29, 0.717) is 25.5 Å². The van der Waals surface area contributed by atoms with Crippen LogP contribution < -0.4 is 5.32 Å². The second kappa shape index (κ2) is 9.11. The van der Waals surface area contributed by atoms with E-state index in [1.54, 1.807) is 4.90 Å². The van der Waals surface area contributed by atoms with Gasteiger partial charge in [-0.2, -0.15) is 0 Å². The van der Waals surface area contributed by atoms with Crippen molar-refractivity contribution in [3.05, 3.63) is 48.6 Å². The molecule has 1 aliphatic heterocycles. The van der Waals surface area contributed by atoms with E-state index in [-0.39, 0.29) is 16.9 Å². The van der Waals surface area contributed by atoms with Crippen molar-refractivity contribution in [2.45, 2.75) is 56.4 Å². The standard InChI is InChI=1S/C25H36N2O3/c1-2-11-25(16-22(25)21-9-4-3-5-10-21)27(23(28)29)18-24(12-14-26-15-13-24)19-30-17-20-7-6-8-20/h2-5,9-10,20,22,26H,1,6-8,11-19H2,(H,28,29)/t22-,25+/m0/s1. The highest BCUT2D eigenvalue weighted by atomic mass is 16.5. The molecule has 1 saturated heterocycles. The summed E-state index contributed by atoms with van der Waals surface area (Å²) in [6.45, 7) is 7.84. The van der Waals surface area contributed by atoms with Crippen LogP contribution in [0.1, 0.15) is 56.4 Å². The molecule has 30 heavy (non-hydrogen) atoms. The first-order valence-electron chi connectivity index (χ1n) is 11.5. The van der Waals surface area contributed by atoms with Crippen LogP contribution in [-0.2, 0) is 4.74 Å². The Morgan fingerprint density at radius 1 is 1.27 bits per heavy atom. The zero-order valence-electron chi connectivity index (χ0n) is 18.0. The van der Waals surface area contributed by atoms with Crippen molar-refractivity contribution in [1.29, 1.82) is 0 Å². The van der Waals surface area contributed by atoms with Crippen molar-refractivity contribution in [2.24, 2.45) is 11.3 Å². The summed E-state index contributed by atoms with van der Waals surface area (Å²) in [7, 11) is 0. The topological polar surface area (TPSA) is 61.8 Å². The van der Waals surface area contributed by atoms with Gasteiger partial charge >= 0.3 is 6.09 Å². The van der Waals surface area contributed by atoms with Crippen LogP contribution in [0.2, 0.25) is 0 Å². The molecule has 1 heterocycles. The van der Waals surface area contributed by atoms with Crippen molar-refractivity contribution in [3.63, 3.8) is 0 Å². The molecule has 3 aliphatic rings. The molecular formula is C25H36N2O3. The van der Waals surface area contributed by atoms with Crippen LogP contribution in [-0.4, -0.2) is 54.5 Å². The lowest BCUT2D eigenvalue weighted by molar-refractivity contribution is -0.0261. The number of carboxylic acid groups (broad SMARTS) is 1. The largest absolute Gasteiger partial charge is 0.465 e. The lowest BCUT2D eigenvalue weighted by atomic mass is 9.78. The van der Waals surface area contributed by atoms with Crippen LogP contribution in [0.4, 0.5) is 4.79 Å². The Labute approximate surface area is 180 Å². The number of benzene rings is 1. The van der Waals surface area contributed by atoms with Gasteiger partial charge in [0.25, 0.3) is 0 Å². The summed E-state index contributed by atoms with van der Waals surface area (Å²) in [6.07, 6.45) is 8.43. The number of carbonyl (C=O) groups is 1. The third-order valence-electron chi connectivity index (χ3n) is 7.66. The Balaban J connectivity index is 1.52. The number of piperidine rings is 1. The van der Waals surface area contributed by atoms with Gasteiger partial charge in [-0.25, -0.2) is 4.79 Å². The maximum absolute atomic E-state index is 12.5. The summed E-state index contributed by atoms with van der Waals surface area (Å²) in [6, 6.07) is 10.3. The minimum Gasteiger partial charge on any atom is -0.465 e. The van der Waals surface area contributed by atoms with E-state index in [2.05, 4.69) is 24.0 Å². The van der Waals surface area contributed by atoms with E-state index in [9.17, 15) is 9.90 Å². The van der Waals surface area contributed by atoms with E-state index in [1.165, 1.54) is 24.8 Å². The summed E-state index contributed by atoms with van der Waals surface area (Å²) < 4.78 is 6.20. The Bertz CT molecular complexity index is 727. The van der Waals surface area contributed by atoms with E-state index in [0.717, 1.165) is 39.0 Å². The Kier molecular flexibility index (Phi) is 6.49. The van der Waals surface area contributed by atoms with Crippen LogP contribution in [0, 0.1) is 11.3 Å². The molecule has 2 aliphatic carbocycles. The number of rotatable bonds is 10. The normalized spacial score (nSPS) is 27.8. The van der Waals surface area contributed by atoms with E-state index in [4.69, 9.17) is 4.74 Å². The number of amides is 1. The molecule has 164 valence electrons. The number of ether oxygens (including phenoxy) is 1. The van der Waals surface area contributed by atoms with Crippen LogP contribution in [0.15, 0.2) is 43.0 Å². The fourth-order valence-corrected chi connectivity index (χ4v) is 5.45. The molecule has 0 radical (unpaired) electrons. The van der Waals surface area contributed by atoms with Crippen LogP contribution in [0.25, 0.3) is 0 Å². The number of hydrogen-bond donors (Lipinski definition) is 2. The minimum absolute atomic E-state index is 0.106. The molecule has 2 N–H and O–H groups in total. The third kappa shape index (κ3) is 4.42. The first-order chi connectivity index (χ1) is 14.6. The number of nitrogens with one attached hydrogen (secondary N) is 1. The highest BCUT2D eigenvalue weighted by molar-refractivity contribution is 5.68. The molecule has 0 unspecified atom stereocenters. The monoisotopic (exact) mass is 412 g/mol. The predicted molar refractivity (Wildman–Crippen MR) is 119 cm³/mol. The molecule has 1 aromatic rings. The van der Waals surface area contributed by atoms with E-state index >= 15 is 0 Å². The predicted octanol–water partition coefficient (Wildman–Crippen LogP) is 4.66. The maximum Gasteiger partial charge on any atom is 0.407 e. The highest BCUT2D eigenvalue weighted by Gasteiger charge is 2.60.